The van der Waals surface area contributed by atoms with Crippen molar-refractivity contribution in [1.82, 2.24) is 0 Å². The first-order chi connectivity index (χ1) is 13.5. The molecule has 3 aromatic rings. The maximum atomic E-state index is 13.1. The summed E-state index contributed by atoms with van der Waals surface area (Å²) in [6.07, 6.45) is -1.10. The van der Waals surface area contributed by atoms with Gasteiger partial charge in [-0.15, -0.1) is 0 Å². The normalized spacial score (nSPS) is 12.5. The number of carbonyl (C=O) groups excluding carboxylic acids is 1. The minimum Gasteiger partial charge on any atom is -0.363 e. The number of hydrogen-bond acceptors (Lipinski definition) is 5. The van der Waals surface area contributed by atoms with E-state index in [1.54, 1.807) is 23.9 Å². The Labute approximate surface area is 168 Å². The molecule has 0 aliphatic heterocycles. The molecule has 0 radical (unpaired) electrons. The van der Waals surface area contributed by atoms with Crippen molar-refractivity contribution < 1.29 is 14.7 Å². The monoisotopic (exact) mass is 391 g/mol. The van der Waals surface area contributed by atoms with Gasteiger partial charge >= 0.3 is 0 Å². The number of hydrogen-bond donors (Lipinski definition) is 1. The predicted molar refractivity (Wildman–Crippen MR) is 112 cm³/mol. The molecule has 0 saturated heterocycles. The van der Waals surface area contributed by atoms with Crippen molar-refractivity contribution >= 4 is 23.3 Å². The van der Waals surface area contributed by atoms with Crippen molar-refractivity contribution in [3.63, 3.8) is 0 Å². The zero-order valence-corrected chi connectivity index (χ0v) is 16.5. The van der Waals surface area contributed by atoms with Gasteiger partial charge in [-0.3, -0.25) is 4.79 Å². The number of carbonyl (C=O) groups is 1. The van der Waals surface area contributed by atoms with Crippen LogP contribution in [0.2, 0.25) is 0 Å². The van der Waals surface area contributed by atoms with Crippen LogP contribution in [0.25, 0.3) is 0 Å². The third-order valence-electron chi connectivity index (χ3n) is 4.01. The molecule has 3 aromatic carbocycles. The first-order valence-corrected chi connectivity index (χ1v) is 9.72. The van der Waals surface area contributed by atoms with Crippen molar-refractivity contribution in [3.8, 4) is 0 Å². The van der Waals surface area contributed by atoms with E-state index in [0.717, 1.165) is 15.4 Å². The molecule has 0 saturated carbocycles. The zero-order chi connectivity index (χ0) is 19.9. The molecule has 1 unspecified atom stereocenters. The molecule has 1 atom stereocenters. The third-order valence-corrected chi connectivity index (χ3v) is 5.02. The first kappa shape index (κ1) is 19.9. The molecule has 0 aliphatic carbocycles. The van der Waals surface area contributed by atoms with Gasteiger partial charge in [0.1, 0.15) is 0 Å². The summed E-state index contributed by atoms with van der Waals surface area (Å²) >= 11 is 1.63. The molecule has 0 aliphatic rings. The van der Waals surface area contributed by atoms with Crippen LogP contribution < -0.4 is 0 Å². The van der Waals surface area contributed by atoms with Crippen molar-refractivity contribution in [2.75, 3.05) is 0 Å². The van der Waals surface area contributed by atoms with E-state index in [2.05, 4.69) is 5.16 Å². The highest BCUT2D eigenvalue weighted by atomic mass is 32.2. The fourth-order valence-electron chi connectivity index (χ4n) is 2.62. The summed E-state index contributed by atoms with van der Waals surface area (Å²) in [5.74, 6) is -0.258. The number of aryl methyl sites for hydroxylation is 1. The van der Waals surface area contributed by atoms with Crippen LogP contribution in [0.3, 0.4) is 0 Å². The van der Waals surface area contributed by atoms with E-state index >= 15 is 0 Å². The van der Waals surface area contributed by atoms with Crippen LogP contribution >= 0.6 is 11.8 Å². The molecule has 5 heteroatoms. The first-order valence-electron chi connectivity index (χ1n) is 8.90. The minimum atomic E-state index is -1.10. The Kier molecular flexibility index (Phi) is 6.63. The summed E-state index contributed by atoms with van der Waals surface area (Å²) in [4.78, 5) is 20.2. The van der Waals surface area contributed by atoms with Gasteiger partial charge in [-0.1, -0.05) is 59.4 Å². The highest BCUT2D eigenvalue weighted by Crippen LogP contribution is 2.27. The summed E-state index contributed by atoms with van der Waals surface area (Å²) in [6.45, 7) is 3.35. The van der Waals surface area contributed by atoms with E-state index in [4.69, 9.17) is 4.84 Å². The third kappa shape index (κ3) is 5.09. The van der Waals surface area contributed by atoms with Crippen molar-refractivity contribution in [2.24, 2.45) is 5.16 Å². The van der Waals surface area contributed by atoms with Crippen molar-refractivity contribution in [3.05, 3.63) is 95.6 Å². The van der Waals surface area contributed by atoms with Gasteiger partial charge in [-0.2, -0.15) is 0 Å². The number of nitrogens with zero attached hydrogens (tertiary/aromatic N) is 1. The lowest BCUT2D eigenvalue weighted by Gasteiger charge is -2.10. The number of benzene rings is 3. The van der Waals surface area contributed by atoms with Crippen molar-refractivity contribution in [2.45, 2.75) is 29.9 Å². The second-order valence-corrected chi connectivity index (χ2v) is 7.38. The molecule has 4 nitrogen and oxygen atoms in total. The smallest absolute Gasteiger partial charge is 0.221 e. The lowest BCUT2D eigenvalue weighted by Crippen LogP contribution is -2.19. The molecule has 0 aromatic heterocycles. The molecular formula is C23H21NO3S. The molecule has 0 bridgehead atoms. The van der Waals surface area contributed by atoms with Gasteiger partial charge in [0.2, 0.25) is 12.1 Å². The van der Waals surface area contributed by atoms with Gasteiger partial charge in [0.25, 0.3) is 0 Å². The summed E-state index contributed by atoms with van der Waals surface area (Å²) in [5, 5.41) is 13.3. The number of ketones is 1. The fraction of sp³-hybridized carbons (Fsp3) is 0.130. The molecule has 0 heterocycles. The van der Waals surface area contributed by atoms with Crippen LogP contribution in [0.1, 0.15) is 28.4 Å². The topological polar surface area (TPSA) is 58.9 Å². The molecular weight excluding hydrogens is 370 g/mol. The van der Waals surface area contributed by atoms with Gasteiger partial charge in [0, 0.05) is 27.8 Å². The van der Waals surface area contributed by atoms with Gasteiger partial charge in [0.15, 0.2) is 5.71 Å². The Hall–Kier alpha value is -2.89. The Morgan fingerprint density at radius 3 is 2.18 bits per heavy atom. The van der Waals surface area contributed by atoms with Gasteiger partial charge in [-0.25, -0.2) is 0 Å². The number of oxime groups is 1. The molecule has 1 N–H and O–H groups in total. The highest BCUT2D eigenvalue weighted by molar-refractivity contribution is 7.99. The standard InChI is InChI=1S/C23H21NO3S/c1-16-8-6-7-11-21(16)22(24-27-17(2)25)23(26)18-12-14-20(15-13-18)28-19-9-4-3-5-10-19/h3-15,17,25H,1-2H3/b24-22-. The second-order valence-electron chi connectivity index (χ2n) is 6.23. The summed E-state index contributed by atoms with van der Waals surface area (Å²) in [6, 6.07) is 24.9. The van der Waals surface area contributed by atoms with Gasteiger partial charge < -0.3 is 9.94 Å². The van der Waals surface area contributed by atoms with Crippen LogP contribution in [0.5, 0.6) is 0 Å². The summed E-state index contributed by atoms with van der Waals surface area (Å²) in [7, 11) is 0. The van der Waals surface area contributed by atoms with Crippen LogP contribution in [0, 0.1) is 6.92 Å². The van der Waals surface area contributed by atoms with E-state index in [0.29, 0.717) is 11.1 Å². The molecule has 3 rings (SSSR count). The summed E-state index contributed by atoms with van der Waals surface area (Å²) in [5.41, 5.74) is 2.26. The van der Waals surface area contributed by atoms with E-state index in [1.165, 1.54) is 6.92 Å². The fourth-order valence-corrected chi connectivity index (χ4v) is 3.45. The predicted octanol–water partition coefficient (Wildman–Crippen LogP) is 5.09. The number of aliphatic hydroxyl groups is 1. The van der Waals surface area contributed by atoms with Crippen LogP contribution in [-0.4, -0.2) is 22.9 Å². The highest BCUT2D eigenvalue weighted by Gasteiger charge is 2.19. The number of rotatable bonds is 7. The van der Waals surface area contributed by atoms with E-state index in [9.17, 15) is 9.90 Å². The van der Waals surface area contributed by atoms with Crippen molar-refractivity contribution in [1.29, 1.82) is 0 Å². The van der Waals surface area contributed by atoms with Crippen LogP contribution in [-0.2, 0) is 4.84 Å². The largest absolute Gasteiger partial charge is 0.363 e. The van der Waals surface area contributed by atoms with Gasteiger partial charge in [0.05, 0.1) is 0 Å². The lowest BCUT2D eigenvalue weighted by molar-refractivity contribution is -0.0835. The maximum absolute atomic E-state index is 13.1. The van der Waals surface area contributed by atoms with E-state index in [-0.39, 0.29) is 11.5 Å². The second kappa shape index (κ2) is 9.35. The van der Waals surface area contributed by atoms with Crippen LogP contribution in [0.15, 0.2) is 93.8 Å². The van der Waals surface area contributed by atoms with E-state index in [1.807, 2.05) is 73.7 Å². The SMILES string of the molecule is Cc1ccccc1/C(=N/OC(C)O)C(=O)c1ccc(Sc2ccccc2)cc1. The Morgan fingerprint density at radius 1 is 0.929 bits per heavy atom. The molecule has 0 spiro atoms. The molecule has 0 amide bonds. The minimum absolute atomic E-state index is 0.169. The summed E-state index contributed by atoms with van der Waals surface area (Å²) < 4.78 is 0. The van der Waals surface area contributed by atoms with E-state index < -0.39 is 6.29 Å². The zero-order valence-electron chi connectivity index (χ0n) is 15.7. The maximum Gasteiger partial charge on any atom is 0.221 e. The number of aliphatic hydroxyl groups excluding tert-OH is 1. The Balaban J connectivity index is 1.86. The number of Topliss-reactive ketones (excluding diaryl/α,β-unsaturated/α-hetero) is 1. The Morgan fingerprint density at radius 2 is 1.54 bits per heavy atom. The lowest BCUT2D eigenvalue weighted by atomic mass is 9.97. The molecule has 0 fully saturated rings. The average Bonchev–Trinajstić information content (AvgIpc) is 2.70. The van der Waals surface area contributed by atoms with Gasteiger partial charge in [-0.05, 0) is 48.9 Å². The quantitative estimate of drug-likeness (QED) is 0.264. The molecule has 142 valence electrons. The average molecular weight is 391 g/mol. The Bertz CT molecular complexity index is 967. The molecule has 28 heavy (non-hydrogen) atoms. The van der Waals surface area contributed by atoms with Crippen LogP contribution in [0.4, 0.5) is 0 Å².